The number of benzene rings is 1. The predicted molar refractivity (Wildman–Crippen MR) is 121 cm³/mol. The van der Waals surface area contributed by atoms with Crippen LogP contribution >= 0.6 is 0 Å². The molecule has 2 heterocycles. The molecule has 4 N–H and O–H groups in total. The zero-order valence-electron chi connectivity index (χ0n) is 19.0. The zero-order valence-corrected chi connectivity index (χ0v) is 19.0. The SMILES string of the molecule is CCOc1cncc(-c2ccc(C(=O)NC(CC)c3cncc(N[NH+](O)C4CC4)n3)c(F)c2)n1. The minimum absolute atomic E-state index is 0.0990. The highest BCUT2D eigenvalue weighted by atomic mass is 19.1. The summed E-state index contributed by atoms with van der Waals surface area (Å²) in [5.41, 5.74) is 4.18. The second kappa shape index (κ2) is 10.5. The Labute approximate surface area is 196 Å². The summed E-state index contributed by atoms with van der Waals surface area (Å²) in [5, 5.41) is 13.0. The Balaban J connectivity index is 1.47. The van der Waals surface area contributed by atoms with E-state index in [9.17, 15) is 14.4 Å². The maximum atomic E-state index is 14.9. The Kier molecular flexibility index (Phi) is 7.24. The molecule has 0 saturated heterocycles. The molecule has 1 aliphatic carbocycles. The number of nitrogens with zero attached hydrogens (tertiary/aromatic N) is 4. The number of halogens is 1. The number of carbonyl (C=O) groups is 1. The van der Waals surface area contributed by atoms with Crippen LogP contribution in [0.4, 0.5) is 10.2 Å². The highest BCUT2D eigenvalue weighted by Gasteiger charge is 2.34. The second-order valence-electron chi connectivity index (χ2n) is 7.92. The van der Waals surface area contributed by atoms with Crippen molar-refractivity contribution in [2.24, 2.45) is 0 Å². The van der Waals surface area contributed by atoms with Crippen molar-refractivity contribution in [2.75, 3.05) is 12.0 Å². The van der Waals surface area contributed by atoms with Gasteiger partial charge in [-0.05, 0) is 25.5 Å². The van der Waals surface area contributed by atoms with Crippen LogP contribution in [-0.2, 0) is 0 Å². The van der Waals surface area contributed by atoms with Gasteiger partial charge in [0, 0.05) is 18.4 Å². The summed E-state index contributed by atoms with van der Waals surface area (Å²) >= 11 is 0. The molecule has 3 aromatic rings. The van der Waals surface area contributed by atoms with E-state index in [0.29, 0.717) is 41.7 Å². The molecule has 2 unspecified atom stereocenters. The van der Waals surface area contributed by atoms with Gasteiger partial charge in [-0.2, -0.15) is 10.6 Å². The van der Waals surface area contributed by atoms with Crippen LogP contribution in [0.2, 0.25) is 0 Å². The number of amides is 1. The van der Waals surface area contributed by atoms with Crippen molar-refractivity contribution in [3.8, 4) is 17.1 Å². The molecule has 0 aliphatic heterocycles. The second-order valence-corrected chi connectivity index (χ2v) is 7.92. The Morgan fingerprint density at radius 3 is 2.71 bits per heavy atom. The molecule has 1 aliphatic rings. The maximum absolute atomic E-state index is 14.9. The van der Waals surface area contributed by atoms with Crippen molar-refractivity contribution in [1.82, 2.24) is 25.3 Å². The monoisotopic (exact) mass is 468 g/mol. The third-order valence-corrected chi connectivity index (χ3v) is 5.36. The lowest BCUT2D eigenvalue weighted by Gasteiger charge is -2.18. The Morgan fingerprint density at radius 1 is 1.21 bits per heavy atom. The van der Waals surface area contributed by atoms with Crippen LogP contribution < -0.4 is 20.7 Å². The number of nitrogens with one attached hydrogen (secondary N) is 3. The molecule has 1 saturated carbocycles. The van der Waals surface area contributed by atoms with Gasteiger partial charge in [-0.25, -0.2) is 14.4 Å². The normalized spacial score (nSPS) is 14.8. The minimum atomic E-state index is -0.682. The van der Waals surface area contributed by atoms with Gasteiger partial charge < -0.3 is 10.1 Å². The lowest BCUT2D eigenvalue weighted by Crippen LogP contribution is -3.14. The number of hydrogen-bond acceptors (Lipinski definition) is 8. The van der Waals surface area contributed by atoms with Gasteiger partial charge in [0.1, 0.15) is 11.9 Å². The van der Waals surface area contributed by atoms with Crippen LogP contribution in [-0.4, -0.2) is 43.7 Å². The van der Waals surface area contributed by atoms with Crippen molar-refractivity contribution < 1.29 is 24.3 Å². The van der Waals surface area contributed by atoms with Crippen molar-refractivity contribution in [3.63, 3.8) is 0 Å². The van der Waals surface area contributed by atoms with Gasteiger partial charge in [0.2, 0.25) is 5.88 Å². The lowest BCUT2D eigenvalue weighted by atomic mass is 10.1. The predicted octanol–water partition coefficient (Wildman–Crippen LogP) is 2.12. The van der Waals surface area contributed by atoms with E-state index >= 15 is 0 Å². The molecule has 10 nitrogen and oxygen atoms in total. The van der Waals surface area contributed by atoms with Crippen LogP contribution in [0, 0.1) is 5.82 Å². The summed E-state index contributed by atoms with van der Waals surface area (Å²) in [5.74, 6) is -0.522. The number of quaternary nitrogens is 1. The van der Waals surface area contributed by atoms with Gasteiger partial charge in [0.15, 0.2) is 5.82 Å². The van der Waals surface area contributed by atoms with Crippen molar-refractivity contribution in [2.45, 2.75) is 45.2 Å². The topological polar surface area (TPSA) is 127 Å². The third-order valence-electron chi connectivity index (χ3n) is 5.36. The molecule has 0 spiro atoms. The van der Waals surface area contributed by atoms with Crippen molar-refractivity contribution in [3.05, 3.63) is 60.1 Å². The van der Waals surface area contributed by atoms with Gasteiger partial charge in [-0.1, -0.05) is 18.2 Å². The summed E-state index contributed by atoms with van der Waals surface area (Å²) in [4.78, 5) is 29.8. The molecule has 0 radical (unpaired) electrons. The largest absolute Gasteiger partial charge is 0.477 e. The first kappa shape index (κ1) is 23.5. The molecule has 4 rings (SSSR count). The van der Waals surface area contributed by atoms with Gasteiger partial charge in [-0.3, -0.25) is 14.8 Å². The first-order valence-corrected chi connectivity index (χ1v) is 11.2. The van der Waals surface area contributed by atoms with E-state index in [1.165, 1.54) is 36.9 Å². The summed E-state index contributed by atoms with van der Waals surface area (Å²) in [6.07, 6.45) is 8.41. The van der Waals surface area contributed by atoms with Crippen LogP contribution in [0.1, 0.15) is 55.2 Å². The van der Waals surface area contributed by atoms with Gasteiger partial charge in [-0.15, -0.1) is 0 Å². The van der Waals surface area contributed by atoms with E-state index in [1.54, 1.807) is 6.07 Å². The van der Waals surface area contributed by atoms with Crippen LogP contribution in [0.25, 0.3) is 11.3 Å². The standard InChI is InChI=1S/C23H26FN7O3/c1-3-18(20-11-25-12-21(27-20)30-31(33)15-6-7-15)29-23(32)16-8-5-14(9-17(16)24)19-10-26-13-22(28-19)34-4-2/h5,8-13,15,18,33H,3-4,6-7H2,1-2H3,(H,27,30)(H,29,32)/p+1. The van der Waals surface area contributed by atoms with Gasteiger partial charge in [0.05, 0.1) is 54.4 Å². The van der Waals surface area contributed by atoms with Crippen LogP contribution in [0.3, 0.4) is 0 Å². The lowest BCUT2D eigenvalue weighted by molar-refractivity contribution is -1.08. The number of rotatable bonds is 10. The fraction of sp³-hybridized carbons (Fsp3) is 0.348. The molecular formula is C23H27FN7O3+. The molecule has 2 aromatic heterocycles. The van der Waals surface area contributed by atoms with Crippen LogP contribution in [0.15, 0.2) is 43.0 Å². The average Bonchev–Trinajstić information content (AvgIpc) is 3.69. The highest BCUT2D eigenvalue weighted by molar-refractivity contribution is 5.95. The molecule has 11 heteroatoms. The summed E-state index contributed by atoms with van der Waals surface area (Å²) in [7, 11) is 0. The van der Waals surface area contributed by atoms with E-state index in [4.69, 9.17) is 4.74 Å². The van der Waals surface area contributed by atoms with E-state index in [0.717, 1.165) is 12.8 Å². The molecule has 1 fully saturated rings. The third kappa shape index (κ3) is 5.61. The smallest absolute Gasteiger partial charge is 0.254 e. The first-order valence-electron chi connectivity index (χ1n) is 11.2. The summed E-state index contributed by atoms with van der Waals surface area (Å²) in [6.45, 7) is 4.15. The number of anilines is 1. The summed E-state index contributed by atoms with van der Waals surface area (Å²) in [6, 6.07) is 3.92. The molecule has 178 valence electrons. The van der Waals surface area contributed by atoms with Gasteiger partial charge >= 0.3 is 0 Å². The number of carbonyl (C=O) groups excluding carboxylic acids is 1. The zero-order chi connectivity index (χ0) is 24.1. The van der Waals surface area contributed by atoms with Crippen LogP contribution in [0.5, 0.6) is 5.88 Å². The fourth-order valence-corrected chi connectivity index (χ4v) is 3.38. The van der Waals surface area contributed by atoms with E-state index in [-0.39, 0.29) is 16.8 Å². The number of hydroxylamine groups is 1. The summed E-state index contributed by atoms with van der Waals surface area (Å²) < 4.78 is 20.2. The van der Waals surface area contributed by atoms with E-state index in [1.807, 2.05) is 13.8 Å². The molecule has 34 heavy (non-hydrogen) atoms. The quantitative estimate of drug-likeness (QED) is 0.333. The first-order chi connectivity index (χ1) is 16.5. The minimum Gasteiger partial charge on any atom is -0.477 e. The Bertz CT molecular complexity index is 1160. The number of aromatic nitrogens is 4. The number of hydrogen-bond donors (Lipinski definition) is 4. The molecule has 1 amide bonds. The molecule has 0 bridgehead atoms. The number of ether oxygens (including phenoxy) is 1. The van der Waals surface area contributed by atoms with E-state index in [2.05, 4.69) is 30.7 Å². The Hall–Kier alpha value is -3.70. The average molecular weight is 469 g/mol. The fourth-order valence-electron chi connectivity index (χ4n) is 3.38. The van der Waals surface area contributed by atoms with Crippen molar-refractivity contribution >= 4 is 11.7 Å². The van der Waals surface area contributed by atoms with E-state index < -0.39 is 17.8 Å². The molecule has 2 atom stereocenters. The van der Waals surface area contributed by atoms with Crippen molar-refractivity contribution in [1.29, 1.82) is 0 Å². The molecular weight excluding hydrogens is 441 g/mol. The Morgan fingerprint density at radius 2 is 2.00 bits per heavy atom. The van der Waals surface area contributed by atoms with Gasteiger partial charge in [0.25, 0.3) is 5.91 Å². The highest BCUT2D eigenvalue weighted by Crippen LogP contribution is 2.23. The maximum Gasteiger partial charge on any atom is 0.254 e. The molecule has 1 aromatic carbocycles.